The summed E-state index contributed by atoms with van der Waals surface area (Å²) in [6.45, 7) is 5.55. The average Bonchev–Trinajstić information content (AvgIpc) is 4.05. The van der Waals surface area contributed by atoms with Gasteiger partial charge in [-0.1, -0.05) is 87.8 Å². The zero-order valence-corrected chi connectivity index (χ0v) is 44.7. The predicted molar refractivity (Wildman–Crippen MR) is 294 cm³/mol. The fraction of sp³-hybridized carbons (Fsp3) is 0.635. The van der Waals surface area contributed by atoms with Gasteiger partial charge >= 0.3 is 11.9 Å². The van der Waals surface area contributed by atoms with Crippen molar-refractivity contribution in [3.05, 3.63) is 83.9 Å². The van der Waals surface area contributed by atoms with E-state index in [4.69, 9.17) is 19.3 Å². The summed E-state index contributed by atoms with van der Waals surface area (Å²) in [6.07, 6.45) is 32.0. The van der Waals surface area contributed by atoms with Crippen molar-refractivity contribution in [2.45, 2.75) is 173 Å². The van der Waals surface area contributed by atoms with Gasteiger partial charge in [0.1, 0.15) is 17.8 Å². The van der Waals surface area contributed by atoms with Crippen LogP contribution >= 0.6 is 12.4 Å². The van der Waals surface area contributed by atoms with Gasteiger partial charge in [-0.3, -0.25) is 19.3 Å². The molecular weight excluding hydrogens is 932 g/mol. The summed E-state index contributed by atoms with van der Waals surface area (Å²) >= 11 is 0. The van der Waals surface area contributed by atoms with Crippen LogP contribution in [-0.4, -0.2) is 73.7 Å². The number of rotatable bonds is 11. The van der Waals surface area contributed by atoms with Gasteiger partial charge in [-0.05, 0) is 214 Å². The number of hydrogen-bond donors (Lipinski definition) is 2. The number of aldehydes is 1. The van der Waals surface area contributed by atoms with Crippen molar-refractivity contribution in [2.75, 3.05) is 33.3 Å². The first-order valence-corrected chi connectivity index (χ1v) is 28.7. The molecule has 4 aromatic carbocycles. The fourth-order valence-corrected chi connectivity index (χ4v) is 15.0. The van der Waals surface area contributed by atoms with Gasteiger partial charge in [0.05, 0.1) is 31.2 Å². The van der Waals surface area contributed by atoms with Gasteiger partial charge in [0.25, 0.3) is 0 Å². The third-order valence-corrected chi connectivity index (χ3v) is 19.6. The predicted octanol–water partition coefficient (Wildman–Crippen LogP) is 14.2. The number of nitrogens with one attached hydrogen (secondary N) is 1. The van der Waals surface area contributed by atoms with Gasteiger partial charge < -0.3 is 24.6 Å². The number of carbonyl (C=O) groups excluding carboxylic acids is 2. The van der Waals surface area contributed by atoms with E-state index in [0.29, 0.717) is 34.9 Å². The van der Waals surface area contributed by atoms with Crippen LogP contribution in [0.3, 0.4) is 0 Å². The molecule has 10 heteroatoms. The summed E-state index contributed by atoms with van der Waals surface area (Å²) in [5, 5.41) is 17.0. The molecule has 4 unspecified atom stereocenters. The Labute approximate surface area is 442 Å². The smallest absolute Gasteiger partial charge is 0.308 e. The van der Waals surface area contributed by atoms with Crippen molar-refractivity contribution in [1.29, 1.82) is 0 Å². The van der Waals surface area contributed by atoms with E-state index in [-0.39, 0.29) is 30.2 Å². The Morgan fingerprint density at radius 3 is 1.60 bits per heavy atom. The number of ether oxygens (including phenoxy) is 3. The number of carboxylic acids is 1. The lowest BCUT2D eigenvalue weighted by Gasteiger charge is -2.45. The number of aliphatic carboxylic acids is 1. The lowest BCUT2D eigenvalue weighted by molar-refractivity contribution is -0.148. The van der Waals surface area contributed by atoms with Gasteiger partial charge in [-0.15, -0.1) is 12.4 Å². The van der Waals surface area contributed by atoms with Crippen LogP contribution in [0.2, 0.25) is 0 Å². The Bertz CT molecular complexity index is 2450. The van der Waals surface area contributed by atoms with Gasteiger partial charge in [0, 0.05) is 25.2 Å². The van der Waals surface area contributed by atoms with Crippen molar-refractivity contribution >= 4 is 52.2 Å². The molecule has 2 N–H and O–H groups in total. The van der Waals surface area contributed by atoms with E-state index in [2.05, 4.69) is 58.7 Å². The minimum Gasteiger partial charge on any atom is -0.490 e. The molecule has 8 aliphatic rings. The molecule has 0 amide bonds. The van der Waals surface area contributed by atoms with E-state index in [0.717, 1.165) is 111 Å². The standard InChI is InChI=1S/C32H43NO3.C21H24O2.C10H17NO2.ClH/c1-35-31(34)27-6-4-5-24(18-27)28-21-33(22-28)20-23-7-8-26-19-30(10-9-25(26)17-23)36-29-11-15-32(16-12-29)13-2-3-14-32;22-15-16-3-4-18-14-20(6-5-17(18)13-16)23-19-7-11-21(12-8-19)9-1-2-10-21;12-10(13)8-3-1-2-7(4-8)9-5-11-6-9;/h7-10,17,19,24,27-29H,2-6,11-16,18,20-22H2,1H3;3-6,13-15,19H,1-2,7-12H2;7-9,11H,1-6H2,(H,12,13);1H. The van der Waals surface area contributed by atoms with E-state index >= 15 is 0 Å². The second-order valence-electron chi connectivity index (χ2n) is 24.3. The Hall–Kier alpha value is -4.18. The van der Waals surface area contributed by atoms with Crippen LogP contribution in [0, 0.1) is 46.3 Å². The van der Waals surface area contributed by atoms with Crippen molar-refractivity contribution in [2.24, 2.45) is 46.3 Å². The van der Waals surface area contributed by atoms with Gasteiger partial charge in [0.15, 0.2) is 0 Å². The highest BCUT2D eigenvalue weighted by molar-refractivity contribution is 5.90. The number of carbonyl (C=O) groups is 3. The van der Waals surface area contributed by atoms with Crippen molar-refractivity contribution < 1.29 is 33.7 Å². The first-order chi connectivity index (χ1) is 35.1. The molecule has 8 fully saturated rings. The van der Waals surface area contributed by atoms with Gasteiger partial charge in [-0.25, -0.2) is 0 Å². The highest BCUT2D eigenvalue weighted by atomic mass is 35.5. The minimum absolute atomic E-state index is 0. The van der Waals surface area contributed by atoms with Crippen LogP contribution in [-0.2, 0) is 20.9 Å². The lowest BCUT2D eigenvalue weighted by Crippen LogP contribution is -2.50. The number of benzene rings is 4. The minimum atomic E-state index is -0.586. The van der Waals surface area contributed by atoms with Gasteiger partial charge in [-0.2, -0.15) is 0 Å². The fourth-order valence-electron chi connectivity index (χ4n) is 15.0. The SMILES string of the molecule is COC(=O)C1CCCC(C2CN(Cc3ccc4cc(OC5CCC6(CCCC6)CC5)ccc4c3)C2)C1.Cl.O=C(O)C1CCCC(C2CNC2)C1.O=Cc1ccc2cc(OC3CCC4(CCCC4)CC3)ccc2c1. The Kier molecular flexibility index (Phi) is 18.1. The normalized spacial score (nSPS) is 27.1. The van der Waals surface area contributed by atoms with Crippen molar-refractivity contribution in [3.63, 3.8) is 0 Å². The molecule has 4 aromatic rings. The average molecular weight is 1020 g/mol. The lowest BCUT2D eigenvalue weighted by atomic mass is 9.72. The topological polar surface area (TPSA) is 114 Å². The monoisotopic (exact) mass is 1020 g/mol. The van der Waals surface area contributed by atoms with E-state index < -0.39 is 5.97 Å². The summed E-state index contributed by atoms with van der Waals surface area (Å²) in [6, 6.07) is 25.5. The second kappa shape index (κ2) is 24.7. The van der Waals surface area contributed by atoms with Crippen molar-refractivity contribution in [1.82, 2.24) is 10.2 Å². The second-order valence-corrected chi connectivity index (χ2v) is 24.3. The summed E-state index contributed by atoms with van der Waals surface area (Å²) in [5.41, 5.74) is 3.44. The third kappa shape index (κ3) is 13.4. The quantitative estimate of drug-likeness (QED) is 0.112. The summed E-state index contributed by atoms with van der Waals surface area (Å²) < 4.78 is 17.7. The molecule has 396 valence electrons. The van der Waals surface area contributed by atoms with Crippen LogP contribution < -0.4 is 14.8 Å². The number of hydrogen-bond acceptors (Lipinski definition) is 8. The van der Waals surface area contributed by atoms with E-state index in [1.165, 1.54) is 145 Å². The van der Waals surface area contributed by atoms with Crippen LogP contribution in [0.4, 0.5) is 0 Å². The molecule has 0 aromatic heterocycles. The summed E-state index contributed by atoms with van der Waals surface area (Å²) in [4.78, 5) is 36.2. The zero-order chi connectivity index (χ0) is 49.5. The van der Waals surface area contributed by atoms with E-state index in [1.807, 2.05) is 24.3 Å². The largest absolute Gasteiger partial charge is 0.490 e. The summed E-state index contributed by atoms with van der Waals surface area (Å²) in [7, 11) is 1.52. The molecule has 12 rings (SSSR count). The number of esters is 1. The first-order valence-electron chi connectivity index (χ1n) is 28.7. The zero-order valence-electron chi connectivity index (χ0n) is 43.9. The molecule has 6 saturated carbocycles. The molecule has 0 bridgehead atoms. The first kappa shape index (κ1) is 53.6. The number of carboxylic acid groups (broad SMARTS) is 1. The summed E-state index contributed by atoms with van der Waals surface area (Å²) in [5.74, 6) is 4.34. The Balaban J connectivity index is 0.000000151. The number of nitrogens with zero attached hydrogens (tertiary/aromatic N) is 1. The maximum Gasteiger partial charge on any atom is 0.308 e. The van der Waals surface area contributed by atoms with Crippen LogP contribution in [0.1, 0.15) is 170 Å². The molecule has 2 aliphatic heterocycles. The molecule has 9 nitrogen and oxygen atoms in total. The Morgan fingerprint density at radius 2 is 1.08 bits per heavy atom. The third-order valence-electron chi connectivity index (χ3n) is 19.6. The maximum atomic E-state index is 12.0. The molecule has 2 spiro atoms. The highest BCUT2D eigenvalue weighted by Gasteiger charge is 2.41. The highest BCUT2D eigenvalue weighted by Crippen LogP contribution is 2.51. The molecule has 2 saturated heterocycles. The van der Waals surface area contributed by atoms with Crippen LogP contribution in [0.5, 0.6) is 11.5 Å². The molecule has 6 aliphatic carbocycles. The number of fused-ring (bicyclic) bond motifs is 2. The molecule has 0 radical (unpaired) electrons. The molecular formula is C63H85ClN2O7. The van der Waals surface area contributed by atoms with Crippen molar-refractivity contribution in [3.8, 4) is 11.5 Å². The molecule has 4 atom stereocenters. The van der Waals surface area contributed by atoms with Crippen LogP contribution in [0.15, 0.2) is 72.8 Å². The number of likely N-dealkylation sites (tertiary alicyclic amines) is 1. The Morgan fingerprint density at radius 1 is 0.589 bits per heavy atom. The number of halogens is 1. The number of methoxy groups -OCH3 is 1. The van der Waals surface area contributed by atoms with Crippen LogP contribution in [0.25, 0.3) is 21.5 Å². The molecule has 2 heterocycles. The van der Waals surface area contributed by atoms with E-state index in [9.17, 15) is 14.4 Å². The van der Waals surface area contributed by atoms with Gasteiger partial charge in [0.2, 0.25) is 0 Å². The molecule has 73 heavy (non-hydrogen) atoms. The van der Waals surface area contributed by atoms with E-state index in [1.54, 1.807) is 0 Å². The maximum absolute atomic E-state index is 12.0.